The van der Waals surface area contributed by atoms with E-state index in [4.69, 9.17) is 21.1 Å². The Balaban J connectivity index is 1.50. The van der Waals surface area contributed by atoms with E-state index < -0.39 is 17.6 Å². The van der Waals surface area contributed by atoms with Gasteiger partial charge >= 0.3 is 6.18 Å². The number of carbonyl (C=O) groups excluding carboxylic acids is 1. The zero-order valence-electron chi connectivity index (χ0n) is 18.9. The van der Waals surface area contributed by atoms with Crippen LogP contribution in [-0.4, -0.2) is 17.7 Å². The summed E-state index contributed by atoms with van der Waals surface area (Å²) in [6.07, 6.45) is -2.82. The maximum absolute atomic E-state index is 13.0. The van der Waals surface area contributed by atoms with E-state index in [1.807, 2.05) is 19.1 Å². The van der Waals surface area contributed by atoms with E-state index in [2.05, 4.69) is 10.3 Å². The second kappa shape index (κ2) is 11.1. The Morgan fingerprint density at radius 2 is 1.81 bits per heavy atom. The van der Waals surface area contributed by atoms with Gasteiger partial charge in [-0.05, 0) is 78.4 Å². The first-order chi connectivity index (χ1) is 17.2. The predicted octanol–water partition coefficient (Wildman–Crippen LogP) is 7.23. The Morgan fingerprint density at radius 1 is 1.03 bits per heavy atom. The Morgan fingerprint density at radius 3 is 2.53 bits per heavy atom. The third-order valence-electron chi connectivity index (χ3n) is 4.93. The van der Waals surface area contributed by atoms with Crippen LogP contribution in [0.15, 0.2) is 76.6 Å². The van der Waals surface area contributed by atoms with Gasteiger partial charge in [0.15, 0.2) is 16.7 Å². The smallest absolute Gasteiger partial charge is 0.416 e. The standard InChI is InChI=1S/C26H20ClF3N2O3S/c1-2-34-22-12-17(8-11-21(22)35-15-16-6-9-19(27)10-7-16)13-23-24(33)32-25(36-23)31-20-5-3-4-18(14-20)26(28,29)30/h3-14H,2,15H2,1H3,(H,31,32,33). The molecule has 1 amide bonds. The van der Waals surface area contributed by atoms with Crippen molar-refractivity contribution in [3.05, 3.63) is 93.3 Å². The summed E-state index contributed by atoms with van der Waals surface area (Å²) in [6, 6.07) is 17.2. The van der Waals surface area contributed by atoms with Crippen molar-refractivity contribution < 1.29 is 27.4 Å². The molecule has 4 rings (SSSR count). The second-order valence-corrected chi connectivity index (χ2v) is 9.05. The van der Waals surface area contributed by atoms with Crippen LogP contribution in [-0.2, 0) is 17.6 Å². The van der Waals surface area contributed by atoms with Crippen molar-refractivity contribution in [1.82, 2.24) is 5.32 Å². The molecule has 5 nitrogen and oxygen atoms in total. The van der Waals surface area contributed by atoms with E-state index in [1.165, 1.54) is 12.1 Å². The van der Waals surface area contributed by atoms with Crippen molar-refractivity contribution >= 4 is 46.2 Å². The highest BCUT2D eigenvalue weighted by atomic mass is 35.5. The number of carbonyl (C=O) groups is 1. The maximum atomic E-state index is 13.0. The van der Waals surface area contributed by atoms with Crippen molar-refractivity contribution in [2.24, 2.45) is 4.99 Å². The first kappa shape index (κ1) is 25.7. The Labute approximate surface area is 215 Å². The van der Waals surface area contributed by atoms with Gasteiger partial charge in [0, 0.05) is 5.02 Å². The van der Waals surface area contributed by atoms with E-state index in [0.29, 0.717) is 40.2 Å². The number of nitrogens with one attached hydrogen (secondary N) is 1. The summed E-state index contributed by atoms with van der Waals surface area (Å²) in [5.74, 6) is 0.665. The van der Waals surface area contributed by atoms with Crippen LogP contribution >= 0.6 is 23.4 Å². The summed E-state index contributed by atoms with van der Waals surface area (Å²) >= 11 is 6.96. The second-order valence-electron chi connectivity index (χ2n) is 7.58. The van der Waals surface area contributed by atoms with Gasteiger partial charge < -0.3 is 14.8 Å². The summed E-state index contributed by atoms with van der Waals surface area (Å²) in [5, 5.41) is 3.42. The molecule has 1 aliphatic rings. The highest BCUT2D eigenvalue weighted by Crippen LogP contribution is 2.34. The molecule has 0 atom stereocenters. The van der Waals surface area contributed by atoms with Crippen LogP contribution < -0.4 is 14.8 Å². The third kappa shape index (κ3) is 6.61. The number of halogens is 4. The topological polar surface area (TPSA) is 59.9 Å². The number of hydrogen-bond acceptors (Lipinski definition) is 5. The SMILES string of the molecule is CCOc1cc(C=C2SC(=Nc3cccc(C(F)(F)F)c3)NC2=O)ccc1OCc1ccc(Cl)cc1. The Kier molecular flexibility index (Phi) is 7.91. The summed E-state index contributed by atoms with van der Waals surface area (Å²) in [4.78, 5) is 16.9. The molecule has 1 N–H and O–H groups in total. The van der Waals surface area contributed by atoms with E-state index in [1.54, 1.807) is 36.4 Å². The average molecular weight is 533 g/mol. The van der Waals surface area contributed by atoms with Crippen LogP contribution in [0.5, 0.6) is 11.5 Å². The molecule has 1 aliphatic heterocycles. The molecule has 0 saturated carbocycles. The lowest BCUT2D eigenvalue weighted by molar-refractivity contribution is -0.137. The molecule has 3 aromatic carbocycles. The molecular weight excluding hydrogens is 513 g/mol. The minimum Gasteiger partial charge on any atom is -0.490 e. The van der Waals surface area contributed by atoms with Crippen LogP contribution in [0.25, 0.3) is 6.08 Å². The molecular formula is C26H20ClF3N2O3S. The number of amidine groups is 1. The molecule has 0 spiro atoms. The molecule has 3 aromatic rings. The molecule has 0 bridgehead atoms. The number of rotatable bonds is 7. The van der Waals surface area contributed by atoms with Gasteiger partial charge in [-0.1, -0.05) is 35.9 Å². The van der Waals surface area contributed by atoms with E-state index >= 15 is 0 Å². The molecule has 1 heterocycles. The average Bonchev–Trinajstić information content (AvgIpc) is 3.17. The normalized spacial score (nSPS) is 15.9. The molecule has 0 radical (unpaired) electrons. The Hall–Kier alpha value is -3.43. The highest BCUT2D eigenvalue weighted by Gasteiger charge is 2.30. The van der Waals surface area contributed by atoms with Crippen molar-refractivity contribution in [2.45, 2.75) is 19.7 Å². The number of aliphatic imine (C=N–C) groups is 1. The lowest BCUT2D eigenvalue weighted by Gasteiger charge is -2.13. The number of ether oxygens (including phenoxy) is 2. The van der Waals surface area contributed by atoms with Crippen molar-refractivity contribution in [3.8, 4) is 11.5 Å². The van der Waals surface area contributed by atoms with Crippen LogP contribution in [0.2, 0.25) is 5.02 Å². The number of amides is 1. The van der Waals surface area contributed by atoms with Crippen LogP contribution in [0, 0.1) is 0 Å². The van der Waals surface area contributed by atoms with Gasteiger partial charge in [0.05, 0.1) is 22.8 Å². The Bertz CT molecular complexity index is 1320. The molecule has 1 fully saturated rings. The van der Waals surface area contributed by atoms with E-state index in [-0.39, 0.29) is 10.9 Å². The fraction of sp³-hybridized carbons (Fsp3) is 0.154. The molecule has 0 aromatic heterocycles. The number of benzene rings is 3. The first-order valence-electron chi connectivity index (χ1n) is 10.8. The summed E-state index contributed by atoms with van der Waals surface area (Å²) < 4.78 is 50.5. The van der Waals surface area contributed by atoms with Crippen molar-refractivity contribution in [1.29, 1.82) is 0 Å². The van der Waals surface area contributed by atoms with Gasteiger partial charge in [-0.15, -0.1) is 0 Å². The fourth-order valence-corrected chi connectivity index (χ4v) is 4.21. The molecule has 0 aliphatic carbocycles. The van der Waals surface area contributed by atoms with Gasteiger partial charge in [-0.25, -0.2) is 4.99 Å². The van der Waals surface area contributed by atoms with Crippen molar-refractivity contribution in [2.75, 3.05) is 6.61 Å². The summed E-state index contributed by atoms with van der Waals surface area (Å²) in [7, 11) is 0. The quantitative estimate of drug-likeness (QED) is 0.326. The monoisotopic (exact) mass is 532 g/mol. The van der Waals surface area contributed by atoms with Crippen LogP contribution in [0.4, 0.5) is 18.9 Å². The van der Waals surface area contributed by atoms with Gasteiger partial charge in [0.2, 0.25) is 0 Å². The summed E-state index contributed by atoms with van der Waals surface area (Å²) in [6.45, 7) is 2.59. The first-order valence-corrected chi connectivity index (χ1v) is 12.0. The zero-order valence-corrected chi connectivity index (χ0v) is 20.5. The lowest BCUT2D eigenvalue weighted by Crippen LogP contribution is -2.19. The molecule has 36 heavy (non-hydrogen) atoms. The minimum absolute atomic E-state index is 0.0923. The van der Waals surface area contributed by atoms with Gasteiger partial charge in [0.1, 0.15) is 6.61 Å². The minimum atomic E-state index is -4.48. The predicted molar refractivity (Wildman–Crippen MR) is 136 cm³/mol. The molecule has 10 heteroatoms. The van der Waals surface area contributed by atoms with Gasteiger partial charge in [0.25, 0.3) is 5.91 Å². The lowest BCUT2D eigenvalue weighted by atomic mass is 10.2. The number of thioether (sulfide) groups is 1. The number of hydrogen-bond donors (Lipinski definition) is 1. The van der Waals surface area contributed by atoms with E-state index in [0.717, 1.165) is 29.5 Å². The number of nitrogens with zero attached hydrogens (tertiary/aromatic N) is 1. The fourth-order valence-electron chi connectivity index (χ4n) is 3.24. The molecule has 0 unspecified atom stereocenters. The zero-order chi connectivity index (χ0) is 25.7. The van der Waals surface area contributed by atoms with Gasteiger partial charge in [-0.2, -0.15) is 13.2 Å². The summed E-state index contributed by atoms with van der Waals surface area (Å²) in [5.41, 5.74) is 0.917. The van der Waals surface area contributed by atoms with E-state index in [9.17, 15) is 18.0 Å². The molecule has 186 valence electrons. The largest absolute Gasteiger partial charge is 0.490 e. The third-order valence-corrected chi connectivity index (χ3v) is 6.09. The van der Waals surface area contributed by atoms with Crippen LogP contribution in [0.1, 0.15) is 23.6 Å². The van der Waals surface area contributed by atoms with Crippen molar-refractivity contribution in [3.63, 3.8) is 0 Å². The molecule has 1 saturated heterocycles. The maximum Gasteiger partial charge on any atom is 0.416 e. The van der Waals surface area contributed by atoms with Crippen LogP contribution in [0.3, 0.4) is 0 Å². The van der Waals surface area contributed by atoms with Gasteiger partial charge in [-0.3, -0.25) is 4.79 Å². The number of alkyl halides is 3. The highest BCUT2D eigenvalue weighted by molar-refractivity contribution is 8.18.